The average molecular weight is 392 g/mol. The summed E-state index contributed by atoms with van der Waals surface area (Å²) in [5, 5.41) is 20.8. The van der Waals surface area contributed by atoms with Crippen LogP contribution in [-0.4, -0.2) is 16.8 Å². The van der Waals surface area contributed by atoms with E-state index in [1.54, 1.807) is 12.1 Å². The molecule has 152 valence electrons. The van der Waals surface area contributed by atoms with E-state index < -0.39 is 0 Å². The predicted molar refractivity (Wildman–Crippen MR) is 114 cm³/mol. The highest BCUT2D eigenvalue weighted by molar-refractivity contribution is 5.59. The van der Waals surface area contributed by atoms with Crippen LogP contribution >= 0.6 is 0 Å². The minimum absolute atomic E-state index is 0.0789. The van der Waals surface area contributed by atoms with Crippen molar-refractivity contribution in [3.8, 4) is 23.0 Å². The zero-order valence-corrected chi connectivity index (χ0v) is 17.5. The van der Waals surface area contributed by atoms with Gasteiger partial charge in [-0.1, -0.05) is 29.4 Å². The van der Waals surface area contributed by atoms with Crippen molar-refractivity contribution in [2.45, 2.75) is 52.6 Å². The number of phenols is 2. The van der Waals surface area contributed by atoms with Gasteiger partial charge in [0.15, 0.2) is 0 Å². The van der Waals surface area contributed by atoms with Gasteiger partial charge in [0.05, 0.1) is 12.5 Å². The third-order valence-electron chi connectivity index (χ3n) is 5.63. The summed E-state index contributed by atoms with van der Waals surface area (Å²) in [6, 6.07) is 7.30. The Balaban J connectivity index is 1.82. The molecule has 0 amide bonds. The Hall–Kier alpha value is -2.88. The summed E-state index contributed by atoms with van der Waals surface area (Å²) >= 11 is 0. The van der Waals surface area contributed by atoms with Gasteiger partial charge < -0.3 is 19.7 Å². The van der Waals surface area contributed by atoms with Crippen molar-refractivity contribution >= 4 is 0 Å². The van der Waals surface area contributed by atoms with Crippen molar-refractivity contribution < 1.29 is 19.7 Å². The normalized spacial score (nSPS) is 18.6. The molecule has 4 nitrogen and oxygen atoms in total. The lowest BCUT2D eigenvalue weighted by molar-refractivity contribution is 0.138. The topological polar surface area (TPSA) is 58.9 Å². The zero-order chi connectivity index (χ0) is 20.7. The number of phenolic OH excluding ortho intramolecular Hbond substituents is 2. The monoisotopic (exact) mass is 392 g/mol. The highest BCUT2D eigenvalue weighted by Gasteiger charge is 2.42. The molecular formula is C25H28O4. The summed E-state index contributed by atoms with van der Waals surface area (Å²) in [6.07, 6.45) is 5.33. The number of hydrogen-bond acceptors (Lipinski definition) is 4. The third-order valence-corrected chi connectivity index (χ3v) is 5.63. The molecule has 2 aliphatic rings. The molecule has 0 aromatic heterocycles. The van der Waals surface area contributed by atoms with Crippen LogP contribution in [-0.2, 0) is 12.8 Å². The van der Waals surface area contributed by atoms with Crippen LogP contribution in [0, 0.1) is 0 Å². The van der Waals surface area contributed by atoms with Crippen LogP contribution in [0.1, 0.15) is 62.0 Å². The van der Waals surface area contributed by atoms with E-state index in [0.29, 0.717) is 30.9 Å². The number of fused-ring (bicyclic) bond motifs is 5. The van der Waals surface area contributed by atoms with Gasteiger partial charge in [-0.3, -0.25) is 0 Å². The number of hydrogen-bond donors (Lipinski definition) is 2. The second-order valence-corrected chi connectivity index (χ2v) is 8.43. The third kappa shape index (κ3) is 3.59. The molecule has 0 bridgehead atoms. The van der Waals surface area contributed by atoms with Gasteiger partial charge in [0.1, 0.15) is 29.1 Å². The van der Waals surface area contributed by atoms with E-state index in [1.807, 2.05) is 12.1 Å². The maximum Gasteiger partial charge on any atom is 0.138 e. The first-order valence-electron chi connectivity index (χ1n) is 10.1. The van der Waals surface area contributed by atoms with E-state index in [4.69, 9.17) is 9.47 Å². The first-order chi connectivity index (χ1) is 13.8. The van der Waals surface area contributed by atoms with Gasteiger partial charge in [-0.25, -0.2) is 0 Å². The second-order valence-electron chi connectivity index (χ2n) is 8.43. The predicted octanol–water partition coefficient (Wildman–Crippen LogP) is 5.72. The van der Waals surface area contributed by atoms with E-state index in [2.05, 4.69) is 39.8 Å². The fourth-order valence-electron chi connectivity index (χ4n) is 4.09. The lowest BCUT2D eigenvalue weighted by Crippen LogP contribution is -2.24. The molecule has 0 fully saturated rings. The molecule has 4 rings (SSSR count). The highest BCUT2D eigenvalue weighted by atomic mass is 16.5. The molecule has 2 aromatic rings. The van der Waals surface area contributed by atoms with Crippen molar-refractivity contribution in [1.82, 2.24) is 0 Å². The van der Waals surface area contributed by atoms with Crippen LogP contribution in [0.15, 0.2) is 47.6 Å². The Labute approximate surface area is 172 Å². The number of benzene rings is 2. The number of aromatic hydroxyl groups is 2. The van der Waals surface area contributed by atoms with Crippen LogP contribution in [0.25, 0.3) is 0 Å². The summed E-state index contributed by atoms with van der Waals surface area (Å²) in [5.74, 6) is 2.03. The van der Waals surface area contributed by atoms with E-state index in [9.17, 15) is 10.2 Å². The second kappa shape index (κ2) is 7.51. The smallest absolute Gasteiger partial charge is 0.138 e. The molecule has 2 N–H and O–H groups in total. The molecule has 29 heavy (non-hydrogen) atoms. The Morgan fingerprint density at radius 1 is 1.00 bits per heavy atom. The fraction of sp³-hybridized carbons (Fsp3) is 0.360. The van der Waals surface area contributed by atoms with Gasteiger partial charge in [-0.15, -0.1) is 0 Å². The van der Waals surface area contributed by atoms with Gasteiger partial charge in [-0.05, 0) is 58.2 Å². The van der Waals surface area contributed by atoms with Crippen LogP contribution in [0.4, 0.5) is 0 Å². The summed E-state index contributed by atoms with van der Waals surface area (Å²) in [4.78, 5) is 0. The molecule has 0 unspecified atom stereocenters. The molecule has 0 saturated heterocycles. The molecule has 0 radical (unpaired) electrons. The lowest BCUT2D eigenvalue weighted by atomic mass is 9.86. The van der Waals surface area contributed by atoms with Crippen LogP contribution in [0.2, 0.25) is 0 Å². The molecule has 2 aromatic carbocycles. The minimum Gasteiger partial charge on any atom is -0.508 e. The molecular weight excluding hydrogens is 364 g/mol. The fourth-order valence-corrected chi connectivity index (χ4v) is 4.09. The lowest BCUT2D eigenvalue weighted by Gasteiger charge is -2.30. The van der Waals surface area contributed by atoms with E-state index in [-0.39, 0.29) is 17.8 Å². The van der Waals surface area contributed by atoms with Gasteiger partial charge in [-0.2, -0.15) is 0 Å². The van der Waals surface area contributed by atoms with Gasteiger partial charge in [0.2, 0.25) is 0 Å². The minimum atomic E-state index is -0.174. The number of ether oxygens (including phenoxy) is 2. The van der Waals surface area contributed by atoms with Crippen molar-refractivity contribution in [3.05, 3.63) is 69.8 Å². The molecule has 2 heterocycles. The zero-order valence-electron chi connectivity index (χ0n) is 17.5. The Morgan fingerprint density at radius 2 is 1.72 bits per heavy atom. The number of rotatable bonds is 4. The maximum atomic E-state index is 11.0. The van der Waals surface area contributed by atoms with E-state index in [0.717, 1.165) is 28.0 Å². The summed E-state index contributed by atoms with van der Waals surface area (Å²) in [7, 11) is 0. The SMILES string of the molecule is CC(C)=CCc1cc2c(c(CC=C(C)C)c1O)OC[C@H]1c3ccc(O)cc3O[C@@H]21. The standard InChI is InChI=1S/C25H28O4/c1-14(2)5-7-16-11-20-24(19(23(16)27)9-6-15(3)4)28-13-21-18-10-8-17(26)12-22(18)29-25(20)21/h5-6,8,10-12,21,25-27H,7,9,13H2,1-4H3/t21-,25-/m0/s1. The Bertz CT molecular complexity index is 1010. The molecule has 2 atom stereocenters. The van der Waals surface area contributed by atoms with Crippen molar-refractivity contribution in [3.63, 3.8) is 0 Å². The summed E-state index contributed by atoms with van der Waals surface area (Å²) in [5.41, 5.74) is 6.14. The van der Waals surface area contributed by atoms with Crippen LogP contribution in [0.5, 0.6) is 23.0 Å². The molecule has 2 aliphatic heterocycles. The number of allylic oxidation sites excluding steroid dienone is 4. The van der Waals surface area contributed by atoms with Crippen molar-refractivity contribution in [2.24, 2.45) is 0 Å². The Morgan fingerprint density at radius 3 is 2.45 bits per heavy atom. The van der Waals surface area contributed by atoms with Gasteiger partial charge >= 0.3 is 0 Å². The molecule has 0 aliphatic carbocycles. The summed E-state index contributed by atoms with van der Waals surface area (Å²) < 4.78 is 12.5. The maximum absolute atomic E-state index is 11.0. The molecule has 4 heteroatoms. The van der Waals surface area contributed by atoms with E-state index in [1.165, 1.54) is 11.1 Å². The quantitative estimate of drug-likeness (QED) is 0.653. The van der Waals surface area contributed by atoms with Gasteiger partial charge in [0, 0.05) is 22.8 Å². The van der Waals surface area contributed by atoms with Crippen molar-refractivity contribution in [1.29, 1.82) is 0 Å². The van der Waals surface area contributed by atoms with E-state index >= 15 is 0 Å². The van der Waals surface area contributed by atoms with Crippen LogP contribution in [0.3, 0.4) is 0 Å². The first-order valence-corrected chi connectivity index (χ1v) is 10.1. The summed E-state index contributed by atoms with van der Waals surface area (Å²) in [6.45, 7) is 8.71. The Kier molecular flexibility index (Phi) is 5.03. The largest absolute Gasteiger partial charge is 0.508 e. The van der Waals surface area contributed by atoms with Crippen molar-refractivity contribution in [2.75, 3.05) is 6.61 Å². The van der Waals surface area contributed by atoms with Gasteiger partial charge in [0.25, 0.3) is 0 Å². The average Bonchev–Trinajstić information content (AvgIpc) is 3.03. The highest BCUT2D eigenvalue weighted by Crippen LogP contribution is 2.54. The first kappa shape index (κ1) is 19.4. The molecule has 0 spiro atoms. The molecule has 0 saturated carbocycles. The van der Waals surface area contributed by atoms with Crippen LogP contribution < -0.4 is 9.47 Å².